The monoisotopic (exact) mass is 256 g/mol. The fraction of sp³-hybridized carbons (Fsp3) is 0.200. The molecule has 1 heterocycles. The maximum absolute atomic E-state index is 10.8. The lowest BCUT2D eigenvalue weighted by molar-refractivity contribution is 0.0697. The lowest BCUT2D eigenvalue weighted by atomic mass is 10.1. The van der Waals surface area contributed by atoms with Crippen molar-refractivity contribution in [3.63, 3.8) is 0 Å². The minimum atomic E-state index is -0.905. The Morgan fingerprint density at radius 3 is 2.63 bits per heavy atom. The molecular formula is C15H16N2O2. The number of anilines is 1. The zero-order valence-electron chi connectivity index (χ0n) is 11.0. The van der Waals surface area contributed by atoms with Gasteiger partial charge in [0.2, 0.25) is 0 Å². The highest BCUT2D eigenvalue weighted by atomic mass is 16.4. The number of aryl methyl sites for hydroxylation is 2. The number of nitrogens with one attached hydrogen (secondary N) is 1. The Morgan fingerprint density at radius 1 is 1.26 bits per heavy atom. The van der Waals surface area contributed by atoms with Crippen LogP contribution in [-0.2, 0) is 6.54 Å². The molecule has 0 saturated heterocycles. The summed E-state index contributed by atoms with van der Waals surface area (Å²) in [7, 11) is 0. The molecule has 0 atom stereocenters. The molecule has 1 aromatic carbocycles. The zero-order chi connectivity index (χ0) is 13.8. The summed E-state index contributed by atoms with van der Waals surface area (Å²) in [6.45, 7) is 4.51. The van der Waals surface area contributed by atoms with Crippen molar-refractivity contribution in [1.29, 1.82) is 0 Å². The van der Waals surface area contributed by atoms with E-state index in [0.717, 1.165) is 22.5 Å². The predicted octanol–water partition coefficient (Wildman–Crippen LogP) is 3.01. The van der Waals surface area contributed by atoms with Crippen LogP contribution in [-0.4, -0.2) is 16.1 Å². The van der Waals surface area contributed by atoms with Gasteiger partial charge in [-0.1, -0.05) is 6.07 Å². The SMILES string of the molecule is Cc1ccc(CNc2ccc(C(=O)O)cc2C)cn1. The van der Waals surface area contributed by atoms with Gasteiger partial charge in [0.05, 0.1) is 5.56 Å². The van der Waals surface area contributed by atoms with Crippen LogP contribution in [0.5, 0.6) is 0 Å². The molecule has 19 heavy (non-hydrogen) atoms. The topological polar surface area (TPSA) is 62.2 Å². The number of aromatic nitrogens is 1. The Bertz CT molecular complexity index is 592. The molecule has 1 aromatic heterocycles. The van der Waals surface area contributed by atoms with Crippen molar-refractivity contribution in [2.75, 3.05) is 5.32 Å². The van der Waals surface area contributed by atoms with Gasteiger partial charge < -0.3 is 10.4 Å². The lowest BCUT2D eigenvalue weighted by Crippen LogP contribution is -2.03. The second-order valence-corrected chi connectivity index (χ2v) is 4.50. The molecule has 0 spiro atoms. The summed E-state index contributed by atoms with van der Waals surface area (Å²) in [5.41, 5.74) is 4.24. The van der Waals surface area contributed by atoms with E-state index in [1.807, 2.05) is 32.2 Å². The Balaban J connectivity index is 2.07. The molecule has 0 amide bonds. The van der Waals surface area contributed by atoms with Crippen LogP contribution in [0.1, 0.15) is 27.2 Å². The number of hydrogen-bond acceptors (Lipinski definition) is 3. The Kier molecular flexibility index (Phi) is 3.80. The van der Waals surface area contributed by atoms with Gasteiger partial charge in [0.1, 0.15) is 0 Å². The molecule has 4 heteroatoms. The summed E-state index contributed by atoms with van der Waals surface area (Å²) in [6, 6.07) is 9.05. The van der Waals surface area contributed by atoms with Crippen LogP contribution >= 0.6 is 0 Å². The number of aromatic carboxylic acids is 1. The van der Waals surface area contributed by atoms with Gasteiger partial charge in [-0.2, -0.15) is 0 Å². The molecule has 0 bridgehead atoms. The van der Waals surface area contributed by atoms with Crippen LogP contribution in [0, 0.1) is 13.8 Å². The highest BCUT2D eigenvalue weighted by Gasteiger charge is 2.05. The summed E-state index contributed by atoms with van der Waals surface area (Å²) in [6.07, 6.45) is 1.84. The Morgan fingerprint density at radius 2 is 2.05 bits per heavy atom. The van der Waals surface area contributed by atoms with Crippen LogP contribution in [0.25, 0.3) is 0 Å². The van der Waals surface area contributed by atoms with Gasteiger partial charge in [-0.3, -0.25) is 4.98 Å². The van der Waals surface area contributed by atoms with Crippen LogP contribution in [0.2, 0.25) is 0 Å². The summed E-state index contributed by atoms with van der Waals surface area (Å²) < 4.78 is 0. The van der Waals surface area contributed by atoms with Crippen LogP contribution < -0.4 is 5.32 Å². The molecule has 2 N–H and O–H groups in total. The first-order chi connectivity index (χ1) is 9.06. The standard InChI is InChI=1S/C15H16N2O2/c1-10-7-13(15(18)19)5-6-14(10)17-9-12-4-3-11(2)16-8-12/h3-8,17H,9H2,1-2H3,(H,18,19). The first kappa shape index (κ1) is 13.1. The third kappa shape index (κ3) is 3.31. The molecule has 98 valence electrons. The number of pyridine rings is 1. The summed E-state index contributed by atoms with van der Waals surface area (Å²) in [5, 5.41) is 12.2. The van der Waals surface area contributed by atoms with E-state index in [9.17, 15) is 4.79 Å². The van der Waals surface area contributed by atoms with Crippen molar-refractivity contribution in [3.05, 3.63) is 58.9 Å². The van der Waals surface area contributed by atoms with Crippen molar-refractivity contribution in [3.8, 4) is 0 Å². The summed E-state index contributed by atoms with van der Waals surface area (Å²) in [5.74, 6) is -0.905. The van der Waals surface area contributed by atoms with Crippen LogP contribution in [0.4, 0.5) is 5.69 Å². The minimum absolute atomic E-state index is 0.306. The number of benzene rings is 1. The molecule has 2 rings (SSSR count). The Labute approximate surface area is 112 Å². The maximum Gasteiger partial charge on any atom is 0.335 e. The number of carboxylic acids is 1. The second kappa shape index (κ2) is 5.52. The number of carboxylic acid groups (broad SMARTS) is 1. The third-order valence-corrected chi connectivity index (χ3v) is 2.93. The predicted molar refractivity (Wildman–Crippen MR) is 74.4 cm³/mol. The molecule has 0 aliphatic carbocycles. The summed E-state index contributed by atoms with van der Waals surface area (Å²) in [4.78, 5) is 15.1. The van der Waals surface area contributed by atoms with Crippen molar-refractivity contribution in [2.45, 2.75) is 20.4 Å². The van der Waals surface area contributed by atoms with Gasteiger partial charge in [-0.05, 0) is 49.2 Å². The van der Waals surface area contributed by atoms with Crippen molar-refractivity contribution in [2.24, 2.45) is 0 Å². The van der Waals surface area contributed by atoms with Crippen molar-refractivity contribution in [1.82, 2.24) is 4.98 Å². The van der Waals surface area contributed by atoms with Gasteiger partial charge in [-0.15, -0.1) is 0 Å². The van der Waals surface area contributed by atoms with Gasteiger partial charge in [0.15, 0.2) is 0 Å². The van der Waals surface area contributed by atoms with E-state index in [1.54, 1.807) is 18.2 Å². The first-order valence-corrected chi connectivity index (χ1v) is 6.05. The molecule has 0 radical (unpaired) electrons. The summed E-state index contributed by atoms with van der Waals surface area (Å²) >= 11 is 0. The van der Waals surface area contributed by atoms with Gasteiger partial charge in [0, 0.05) is 24.1 Å². The van der Waals surface area contributed by atoms with E-state index in [0.29, 0.717) is 12.1 Å². The van der Waals surface area contributed by atoms with E-state index in [4.69, 9.17) is 5.11 Å². The maximum atomic E-state index is 10.8. The fourth-order valence-electron chi connectivity index (χ4n) is 1.80. The number of carbonyl (C=O) groups is 1. The van der Waals surface area contributed by atoms with Crippen molar-refractivity contribution < 1.29 is 9.90 Å². The van der Waals surface area contributed by atoms with E-state index < -0.39 is 5.97 Å². The highest BCUT2D eigenvalue weighted by molar-refractivity contribution is 5.88. The number of hydrogen-bond donors (Lipinski definition) is 2. The fourth-order valence-corrected chi connectivity index (χ4v) is 1.80. The number of rotatable bonds is 4. The average molecular weight is 256 g/mol. The largest absolute Gasteiger partial charge is 0.478 e. The minimum Gasteiger partial charge on any atom is -0.478 e. The molecule has 2 aromatic rings. The molecule has 0 saturated carbocycles. The lowest BCUT2D eigenvalue weighted by Gasteiger charge is -2.10. The van der Waals surface area contributed by atoms with Gasteiger partial charge in [-0.25, -0.2) is 4.79 Å². The molecule has 0 fully saturated rings. The van der Waals surface area contributed by atoms with Crippen LogP contribution in [0.15, 0.2) is 36.5 Å². The van der Waals surface area contributed by atoms with Gasteiger partial charge in [0.25, 0.3) is 0 Å². The third-order valence-electron chi connectivity index (χ3n) is 2.93. The van der Waals surface area contributed by atoms with Crippen LogP contribution in [0.3, 0.4) is 0 Å². The molecular weight excluding hydrogens is 240 g/mol. The van der Waals surface area contributed by atoms with E-state index in [-0.39, 0.29) is 0 Å². The molecule has 0 unspecified atom stereocenters. The molecule has 0 aliphatic heterocycles. The molecule has 0 aliphatic rings. The smallest absolute Gasteiger partial charge is 0.335 e. The quantitative estimate of drug-likeness (QED) is 0.882. The van der Waals surface area contributed by atoms with E-state index in [2.05, 4.69) is 10.3 Å². The average Bonchev–Trinajstić information content (AvgIpc) is 2.39. The van der Waals surface area contributed by atoms with E-state index >= 15 is 0 Å². The second-order valence-electron chi connectivity index (χ2n) is 4.50. The van der Waals surface area contributed by atoms with Gasteiger partial charge >= 0.3 is 5.97 Å². The van der Waals surface area contributed by atoms with Crippen molar-refractivity contribution >= 4 is 11.7 Å². The Hall–Kier alpha value is -2.36. The first-order valence-electron chi connectivity index (χ1n) is 6.05. The highest BCUT2D eigenvalue weighted by Crippen LogP contribution is 2.17. The van der Waals surface area contributed by atoms with E-state index in [1.165, 1.54) is 0 Å². The zero-order valence-corrected chi connectivity index (χ0v) is 11.0. The molecule has 4 nitrogen and oxygen atoms in total. The normalized spacial score (nSPS) is 10.2. The number of nitrogens with zero attached hydrogens (tertiary/aromatic N) is 1.